The molecule has 138 valence electrons. The Balaban J connectivity index is 2.17. The second-order valence-corrected chi connectivity index (χ2v) is 6.60. The van der Waals surface area contributed by atoms with Crippen molar-refractivity contribution in [2.75, 3.05) is 18.4 Å². The van der Waals surface area contributed by atoms with Gasteiger partial charge in [0.2, 0.25) is 0 Å². The Bertz CT molecular complexity index is 790. The molecule has 26 heavy (non-hydrogen) atoms. The molecule has 0 saturated heterocycles. The van der Waals surface area contributed by atoms with Crippen molar-refractivity contribution in [1.29, 1.82) is 0 Å². The van der Waals surface area contributed by atoms with E-state index in [9.17, 15) is 9.59 Å². The van der Waals surface area contributed by atoms with Gasteiger partial charge in [0.15, 0.2) is 0 Å². The van der Waals surface area contributed by atoms with Gasteiger partial charge in [-0.2, -0.15) is 0 Å². The highest BCUT2D eigenvalue weighted by Gasteiger charge is 2.17. The number of nitrogens with one attached hydrogen (secondary N) is 1. The van der Waals surface area contributed by atoms with Crippen molar-refractivity contribution in [2.45, 2.75) is 26.7 Å². The van der Waals surface area contributed by atoms with E-state index < -0.39 is 5.91 Å². The molecule has 0 radical (unpaired) electrons. The Kier molecular flexibility index (Phi) is 7.42. The van der Waals surface area contributed by atoms with E-state index in [1.165, 1.54) is 0 Å². The molecule has 0 atom stereocenters. The molecular weight excluding hydrogens is 373 g/mol. The van der Waals surface area contributed by atoms with Crippen LogP contribution in [0.4, 0.5) is 5.69 Å². The lowest BCUT2D eigenvalue weighted by Gasteiger charge is -2.21. The van der Waals surface area contributed by atoms with Crippen LogP contribution >= 0.6 is 23.2 Å². The van der Waals surface area contributed by atoms with Crippen molar-refractivity contribution in [3.8, 4) is 0 Å². The number of pyridine rings is 1. The standard InChI is InChI=1S/C19H21Cl2N3O2/c1-3-10-24(11-4-2)19(26)17-7-5-6-16(23-17)18(25)22-13-8-9-14(20)15(21)12-13/h5-9,12H,3-4,10-11H2,1-2H3,(H,22,25). The topological polar surface area (TPSA) is 62.3 Å². The zero-order valence-electron chi connectivity index (χ0n) is 14.8. The summed E-state index contributed by atoms with van der Waals surface area (Å²) in [5.41, 5.74) is 0.921. The van der Waals surface area contributed by atoms with Gasteiger partial charge in [0.1, 0.15) is 11.4 Å². The summed E-state index contributed by atoms with van der Waals surface area (Å²) in [5, 5.41) is 3.45. The largest absolute Gasteiger partial charge is 0.337 e. The average molecular weight is 394 g/mol. The fourth-order valence-electron chi connectivity index (χ4n) is 2.47. The third-order valence-electron chi connectivity index (χ3n) is 3.65. The number of hydrogen-bond donors (Lipinski definition) is 1. The van der Waals surface area contributed by atoms with Crippen LogP contribution in [0.25, 0.3) is 0 Å². The molecule has 1 N–H and O–H groups in total. The van der Waals surface area contributed by atoms with Crippen LogP contribution in [0, 0.1) is 0 Å². The molecule has 0 aliphatic heterocycles. The Morgan fingerprint density at radius 3 is 2.27 bits per heavy atom. The molecule has 2 amide bonds. The quantitative estimate of drug-likeness (QED) is 0.726. The monoisotopic (exact) mass is 393 g/mol. The van der Waals surface area contributed by atoms with Gasteiger partial charge in [0.25, 0.3) is 11.8 Å². The minimum Gasteiger partial charge on any atom is -0.337 e. The van der Waals surface area contributed by atoms with Crippen LogP contribution < -0.4 is 5.32 Å². The summed E-state index contributed by atoms with van der Waals surface area (Å²) in [7, 11) is 0. The van der Waals surface area contributed by atoms with E-state index in [4.69, 9.17) is 23.2 Å². The predicted octanol–water partition coefficient (Wildman–Crippen LogP) is 4.90. The van der Waals surface area contributed by atoms with E-state index in [-0.39, 0.29) is 17.3 Å². The summed E-state index contributed by atoms with van der Waals surface area (Å²) in [6.45, 7) is 5.36. The van der Waals surface area contributed by atoms with Crippen molar-refractivity contribution in [3.05, 3.63) is 57.8 Å². The summed E-state index contributed by atoms with van der Waals surface area (Å²) in [5.74, 6) is -0.589. The first kappa shape index (κ1) is 20.2. The van der Waals surface area contributed by atoms with Crippen molar-refractivity contribution >= 4 is 40.7 Å². The fourth-order valence-corrected chi connectivity index (χ4v) is 2.76. The first-order valence-corrected chi connectivity index (χ1v) is 9.24. The highest BCUT2D eigenvalue weighted by atomic mass is 35.5. The van der Waals surface area contributed by atoms with Crippen LogP contribution in [-0.2, 0) is 0 Å². The van der Waals surface area contributed by atoms with Crippen molar-refractivity contribution < 1.29 is 9.59 Å². The number of amides is 2. The van der Waals surface area contributed by atoms with Crippen LogP contribution in [-0.4, -0.2) is 34.8 Å². The van der Waals surface area contributed by atoms with Crippen LogP contribution in [0.3, 0.4) is 0 Å². The van der Waals surface area contributed by atoms with Crippen LogP contribution in [0.5, 0.6) is 0 Å². The maximum absolute atomic E-state index is 12.6. The SMILES string of the molecule is CCCN(CCC)C(=O)c1cccc(C(=O)Nc2ccc(Cl)c(Cl)c2)n1. The van der Waals surface area contributed by atoms with Gasteiger partial charge >= 0.3 is 0 Å². The second kappa shape index (κ2) is 9.55. The summed E-state index contributed by atoms with van der Waals surface area (Å²) < 4.78 is 0. The van der Waals surface area contributed by atoms with Gasteiger partial charge in [-0.1, -0.05) is 43.1 Å². The van der Waals surface area contributed by atoms with Crippen LogP contribution in [0.2, 0.25) is 10.0 Å². The lowest BCUT2D eigenvalue weighted by atomic mass is 10.2. The van der Waals surface area contributed by atoms with E-state index in [2.05, 4.69) is 10.3 Å². The molecule has 0 fully saturated rings. The number of aromatic nitrogens is 1. The summed E-state index contributed by atoms with van der Waals surface area (Å²) in [6.07, 6.45) is 1.73. The normalized spacial score (nSPS) is 10.5. The summed E-state index contributed by atoms with van der Waals surface area (Å²) in [6, 6.07) is 9.64. The Morgan fingerprint density at radius 2 is 1.65 bits per heavy atom. The fraction of sp³-hybridized carbons (Fsp3) is 0.316. The van der Waals surface area contributed by atoms with E-state index in [0.717, 1.165) is 12.8 Å². The van der Waals surface area contributed by atoms with E-state index in [1.54, 1.807) is 41.3 Å². The number of anilines is 1. The van der Waals surface area contributed by atoms with Gasteiger partial charge in [-0.3, -0.25) is 9.59 Å². The number of carbonyl (C=O) groups is 2. The molecule has 2 rings (SSSR count). The molecular formula is C19H21Cl2N3O2. The number of nitrogens with zero attached hydrogens (tertiary/aromatic N) is 2. The average Bonchev–Trinajstić information content (AvgIpc) is 2.64. The summed E-state index contributed by atoms with van der Waals surface area (Å²) >= 11 is 11.8. The molecule has 0 bridgehead atoms. The highest BCUT2D eigenvalue weighted by Crippen LogP contribution is 2.25. The maximum Gasteiger partial charge on any atom is 0.274 e. The van der Waals surface area contributed by atoms with Crippen LogP contribution in [0.1, 0.15) is 47.7 Å². The van der Waals surface area contributed by atoms with E-state index >= 15 is 0 Å². The Morgan fingerprint density at radius 1 is 1.00 bits per heavy atom. The molecule has 5 nitrogen and oxygen atoms in total. The van der Waals surface area contributed by atoms with E-state index in [0.29, 0.717) is 28.8 Å². The van der Waals surface area contributed by atoms with Crippen molar-refractivity contribution in [1.82, 2.24) is 9.88 Å². The molecule has 1 heterocycles. The molecule has 0 aliphatic rings. The molecule has 2 aromatic rings. The van der Waals surface area contributed by atoms with Gasteiger partial charge in [-0.05, 0) is 43.2 Å². The molecule has 1 aromatic carbocycles. The lowest BCUT2D eigenvalue weighted by molar-refractivity contribution is 0.0749. The molecule has 0 unspecified atom stereocenters. The number of rotatable bonds is 7. The van der Waals surface area contributed by atoms with Gasteiger partial charge in [-0.25, -0.2) is 4.98 Å². The predicted molar refractivity (Wildman–Crippen MR) is 105 cm³/mol. The zero-order valence-corrected chi connectivity index (χ0v) is 16.3. The minimum absolute atomic E-state index is 0.162. The Labute approximate surface area is 163 Å². The van der Waals surface area contributed by atoms with Gasteiger partial charge in [0, 0.05) is 18.8 Å². The molecule has 0 saturated carbocycles. The Hall–Kier alpha value is -2.11. The minimum atomic E-state index is -0.421. The number of hydrogen-bond acceptors (Lipinski definition) is 3. The number of carbonyl (C=O) groups excluding carboxylic acids is 2. The highest BCUT2D eigenvalue weighted by molar-refractivity contribution is 6.42. The van der Waals surface area contributed by atoms with Gasteiger partial charge < -0.3 is 10.2 Å². The van der Waals surface area contributed by atoms with Crippen molar-refractivity contribution in [3.63, 3.8) is 0 Å². The smallest absolute Gasteiger partial charge is 0.274 e. The molecule has 0 spiro atoms. The summed E-state index contributed by atoms with van der Waals surface area (Å²) in [4.78, 5) is 31.1. The molecule has 1 aromatic heterocycles. The van der Waals surface area contributed by atoms with E-state index in [1.807, 2.05) is 13.8 Å². The van der Waals surface area contributed by atoms with Crippen molar-refractivity contribution in [2.24, 2.45) is 0 Å². The number of halogens is 2. The molecule has 0 aliphatic carbocycles. The number of benzene rings is 1. The second-order valence-electron chi connectivity index (χ2n) is 5.78. The first-order chi connectivity index (χ1) is 12.5. The molecule has 7 heteroatoms. The van der Waals surface area contributed by atoms with Gasteiger partial charge in [-0.15, -0.1) is 0 Å². The lowest BCUT2D eigenvalue weighted by Crippen LogP contribution is -2.33. The first-order valence-electron chi connectivity index (χ1n) is 8.49. The zero-order chi connectivity index (χ0) is 19.1. The third-order valence-corrected chi connectivity index (χ3v) is 4.39. The van der Waals surface area contributed by atoms with Crippen LogP contribution in [0.15, 0.2) is 36.4 Å². The third kappa shape index (κ3) is 5.19. The van der Waals surface area contributed by atoms with Gasteiger partial charge in [0.05, 0.1) is 10.0 Å². The maximum atomic E-state index is 12.6.